The Hall–Kier alpha value is -1.55. The Morgan fingerprint density at radius 3 is 2.70 bits per heavy atom. The highest BCUT2D eigenvalue weighted by molar-refractivity contribution is 6.12. The van der Waals surface area contributed by atoms with E-state index in [1.807, 2.05) is 6.07 Å². The van der Waals surface area contributed by atoms with Gasteiger partial charge in [-0.2, -0.15) is 0 Å². The van der Waals surface area contributed by atoms with Crippen LogP contribution in [0.5, 0.6) is 0 Å². The molecule has 1 saturated carbocycles. The number of piperidine rings is 1. The van der Waals surface area contributed by atoms with Crippen LogP contribution in [0.4, 0.5) is 4.39 Å². The zero-order chi connectivity index (χ0) is 14.1. The lowest BCUT2D eigenvalue weighted by Gasteiger charge is -2.39. The zero-order valence-corrected chi connectivity index (χ0v) is 11.2. The van der Waals surface area contributed by atoms with Crippen LogP contribution in [0.1, 0.15) is 29.6 Å². The molecule has 1 N–H and O–H groups in total. The van der Waals surface area contributed by atoms with Gasteiger partial charge in [0.1, 0.15) is 12.0 Å². The van der Waals surface area contributed by atoms with Crippen molar-refractivity contribution in [3.8, 4) is 0 Å². The number of carbonyl (C=O) groups excluding carboxylic acids is 2. The quantitative estimate of drug-likeness (QED) is 0.664. The summed E-state index contributed by atoms with van der Waals surface area (Å²) in [5.41, 5.74) is 0.554. The molecule has 1 aromatic carbocycles. The van der Waals surface area contributed by atoms with E-state index < -0.39 is 12.1 Å². The summed E-state index contributed by atoms with van der Waals surface area (Å²) in [5, 5.41) is 3.26. The molecule has 4 atom stereocenters. The summed E-state index contributed by atoms with van der Waals surface area (Å²) in [5.74, 6) is -1.23. The molecule has 0 amide bonds. The van der Waals surface area contributed by atoms with Crippen LogP contribution in [0.25, 0.3) is 0 Å². The smallest absolute Gasteiger partial charge is 0.174 e. The molecule has 2 fully saturated rings. The van der Waals surface area contributed by atoms with Crippen molar-refractivity contribution in [2.24, 2.45) is 11.8 Å². The lowest BCUT2D eigenvalue weighted by atomic mass is 9.73. The van der Waals surface area contributed by atoms with Crippen LogP contribution in [-0.2, 0) is 4.79 Å². The summed E-state index contributed by atoms with van der Waals surface area (Å²) in [7, 11) is 0. The molecule has 4 heteroatoms. The normalized spacial score (nSPS) is 33.5. The molecule has 0 aromatic heterocycles. The van der Waals surface area contributed by atoms with Crippen LogP contribution >= 0.6 is 0 Å². The number of alkyl halides is 1. The molecule has 1 aromatic rings. The molecular formula is C16H18FNO2. The Morgan fingerprint density at radius 1 is 1.20 bits per heavy atom. The van der Waals surface area contributed by atoms with Crippen LogP contribution in [0.15, 0.2) is 30.3 Å². The van der Waals surface area contributed by atoms with E-state index in [-0.39, 0.29) is 29.9 Å². The van der Waals surface area contributed by atoms with Crippen LogP contribution in [0, 0.1) is 11.8 Å². The van der Waals surface area contributed by atoms with Gasteiger partial charge in [-0.05, 0) is 19.3 Å². The summed E-state index contributed by atoms with van der Waals surface area (Å²) in [6, 6.07) is 8.91. The molecule has 1 heterocycles. The topological polar surface area (TPSA) is 46.2 Å². The van der Waals surface area contributed by atoms with Crippen LogP contribution in [0.3, 0.4) is 0 Å². The molecule has 2 aliphatic rings. The number of nitrogens with one attached hydrogen (secondary N) is 1. The Bertz CT molecular complexity index is 516. The molecule has 1 aliphatic carbocycles. The number of Topliss-reactive ketones (excluding diaryl/α,β-unsaturated/α-hetero) is 2. The molecule has 106 valence electrons. The number of hydrogen-bond donors (Lipinski definition) is 1. The first kappa shape index (κ1) is 13.4. The summed E-state index contributed by atoms with van der Waals surface area (Å²) < 4.78 is 13.5. The minimum Gasteiger partial charge on any atom is -0.312 e. The molecule has 0 bridgehead atoms. The average molecular weight is 275 g/mol. The zero-order valence-electron chi connectivity index (χ0n) is 11.2. The van der Waals surface area contributed by atoms with Gasteiger partial charge in [-0.15, -0.1) is 0 Å². The van der Waals surface area contributed by atoms with Crippen LogP contribution in [0.2, 0.25) is 0 Å². The lowest BCUT2D eigenvalue weighted by molar-refractivity contribution is -0.130. The summed E-state index contributed by atoms with van der Waals surface area (Å²) >= 11 is 0. The van der Waals surface area contributed by atoms with Gasteiger partial charge in [-0.1, -0.05) is 30.3 Å². The number of carbonyl (C=O) groups is 2. The highest BCUT2D eigenvalue weighted by atomic mass is 19.1. The maximum Gasteiger partial charge on any atom is 0.174 e. The van der Waals surface area contributed by atoms with Gasteiger partial charge >= 0.3 is 0 Å². The van der Waals surface area contributed by atoms with E-state index in [1.165, 1.54) is 0 Å². The van der Waals surface area contributed by atoms with Crippen molar-refractivity contribution in [3.63, 3.8) is 0 Å². The second kappa shape index (κ2) is 5.44. The van der Waals surface area contributed by atoms with Gasteiger partial charge in [0.05, 0.1) is 5.92 Å². The van der Waals surface area contributed by atoms with Gasteiger partial charge < -0.3 is 5.32 Å². The standard InChI is InChI=1S/C16H18FNO2/c17-11-6-7-14-12(8-11)16(20)13(9-18-14)15(19)10-4-2-1-3-5-10/h1-5,11-14,18H,6-9H2. The number of halogens is 1. The molecule has 3 rings (SSSR count). The van der Waals surface area contributed by atoms with E-state index in [2.05, 4.69) is 5.32 Å². The molecule has 20 heavy (non-hydrogen) atoms. The third-order valence-corrected chi connectivity index (χ3v) is 4.45. The number of benzene rings is 1. The monoisotopic (exact) mass is 275 g/mol. The maximum atomic E-state index is 13.5. The lowest BCUT2D eigenvalue weighted by Crippen LogP contribution is -2.55. The van der Waals surface area contributed by atoms with E-state index in [9.17, 15) is 14.0 Å². The Labute approximate surface area is 117 Å². The Kier molecular flexibility index (Phi) is 3.66. The largest absolute Gasteiger partial charge is 0.312 e. The fourth-order valence-electron chi connectivity index (χ4n) is 3.33. The van der Waals surface area contributed by atoms with Crippen molar-refractivity contribution in [3.05, 3.63) is 35.9 Å². The molecule has 1 aliphatic heterocycles. The fraction of sp³-hybridized carbons (Fsp3) is 0.500. The molecule has 0 spiro atoms. The second-order valence-corrected chi connectivity index (χ2v) is 5.72. The highest BCUT2D eigenvalue weighted by Crippen LogP contribution is 2.33. The summed E-state index contributed by atoms with van der Waals surface area (Å²) in [4.78, 5) is 24.9. The number of ketones is 2. The fourth-order valence-corrected chi connectivity index (χ4v) is 3.33. The van der Waals surface area contributed by atoms with Crippen molar-refractivity contribution >= 4 is 11.6 Å². The summed E-state index contributed by atoms with van der Waals surface area (Å²) in [6.07, 6.45) is 0.546. The van der Waals surface area contributed by atoms with Crippen LogP contribution in [-0.4, -0.2) is 30.3 Å². The Morgan fingerprint density at radius 2 is 1.95 bits per heavy atom. The van der Waals surface area contributed by atoms with Gasteiger partial charge in [0.25, 0.3) is 0 Å². The van der Waals surface area contributed by atoms with Gasteiger partial charge in [0, 0.05) is 24.1 Å². The number of hydrogen-bond acceptors (Lipinski definition) is 3. The average Bonchev–Trinajstić information content (AvgIpc) is 2.48. The SMILES string of the molecule is O=C(c1ccccc1)C1CNC2CCC(F)CC2C1=O. The first-order valence-corrected chi connectivity index (χ1v) is 7.17. The van der Waals surface area contributed by atoms with E-state index in [0.29, 0.717) is 24.9 Å². The molecular weight excluding hydrogens is 257 g/mol. The third-order valence-electron chi connectivity index (χ3n) is 4.45. The highest BCUT2D eigenvalue weighted by Gasteiger charge is 2.44. The van der Waals surface area contributed by atoms with Gasteiger partial charge in [0.2, 0.25) is 0 Å². The van der Waals surface area contributed by atoms with Crippen molar-refractivity contribution in [2.45, 2.75) is 31.5 Å². The van der Waals surface area contributed by atoms with E-state index >= 15 is 0 Å². The van der Waals surface area contributed by atoms with Crippen molar-refractivity contribution in [1.29, 1.82) is 0 Å². The third kappa shape index (κ3) is 2.40. The Balaban J connectivity index is 1.78. The molecule has 3 nitrogen and oxygen atoms in total. The predicted molar refractivity (Wildman–Crippen MR) is 73.3 cm³/mol. The first-order chi connectivity index (χ1) is 9.66. The summed E-state index contributed by atoms with van der Waals surface area (Å²) in [6.45, 7) is 0.380. The van der Waals surface area contributed by atoms with Crippen LogP contribution < -0.4 is 5.32 Å². The van der Waals surface area contributed by atoms with E-state index in [4.69, 9.17) is 0 Å². The second-order valence-electron chi connectivity index (χ2n) is 5.72. The molecule has 4 unspecified atom stereocenters. The van der Waals surface area contributed by atoms with Crippen molar-refractivity contribution < 1.29 is 14.0 Å². The van der Waals surface area contributed by atoms with Gasteiger partial charge in [-0.25, -0.2) is 4.39 Å². The van der Waals surface area contributed by atoms with E-state index in [0.717, 1.165) is 0 Å². The minimum atomic E-state index is -0.910. The predicted octanol–water partition coefficient (Wildman–Crippen LogP) is 2.16. The van der Waals surface area contributed by atoms with Gasteiger partial charge in [-0.3, -0.25) is 9.59 Å². The van der Waals surface area contributed by atoms with Crippen molar-refractivity contribution in [2.75, 3.05) is 6.54 Å². The maximum absolute atomic E-state index is 13.5. The van der Waals surface area contributed by atoms with E-state index in [1.54, 1.807) is 24.3 Å². The molecule has 0 radical (unpaired) electrons. The van der Waals surface area contributed by atoms with Gasteiger partial charge in [0.15, 0.2) is 5.78 Å². The van der Waals surface area contributed by atoms with Crippen molar-refractivity contribution in [1.82, 2.24) is 5.32 Å². The number of fused-ring (bicyclic) bond motifs is 1. The minimum absolute atomic E-state index is 0.0503. The first-order valence-electron chi connectivity index (χ1n) is 7.17. The molecule has 1 saturated heterocycles. The number of rotatable bonds is 2.